The molecule has 0 aromatic rings. The zero-order chi connectivity index (χ0) is 11.8. The molecule has 2 rings (SSSR count). The molecular formula is C11H11NO4. The van der Waals surface area contributed by atoms with Crippen molar-refractivity contribution < 1.29 is 19.1 Å². The van der Waals surface area contributed by atoms with Crippen molar-refractivity contribution in [2.24, 2.45) is 5.92 Å². The molecule has 1 heterocycles. The number of esters is 2. The number of fused-ring (bicyclic) bond motifs is 2. The number of ether oxygens (including phenoxy) is 2. The van der Waals surface area contributed by atoms with E-state index in [9.17, 15) is 9.59 Å². The van der Waals surface area contributed by atoms with Crippen LogP contribution in [0, 0.1) is 12.5 Å². The largest absolute Gasteiger partial charge is 0.446 e. The summed E-state index contributed by atoms with van der Waals surface area (Å²) in [6.45, 7) is 10.4. The number of carbonyl (C=O) groups is 2. The normalized spacial score (nSPS) is 36.1. The predicted octanol–water partition coefficient (Wildman–Crippen LogP) is 1.06. The van der Waals surface area contributed by atoms with Crippen molar-refractivity contribution in [2.45, 2.75) is 31.1 Å². The first-order valence-electron chi connectivity index (χ1n) is 5.06. The maximum Gasteiger partial charge on any atom is 0.415 e. The van der Waals surface area contributed by atoms with Crippen LogP contribution in [0.25, 0.3) is 4.85 Å². The van der Waals surface area contributed by atoms with Gasteiger partial charge in [0.05, 0.1) is 12.3 Å². The first-order valence-corrected chi connectivity index (χ1v) is 5.06. The van der Waals surface area contributed by atoms with Gasteiger partial charge >= 0.3 is 17.7 Å². The van der Waals surface area contributed by atoms with E-state index in [1.54, 1.807) is 0 Å². The molecule has 0 aromatic heterocycles. The van der Waals surface area contributed by atoms with Gasteiger partial charge in [0.15, 0.2) is 0 Å². The molecule has 1 saturated carbocycles. The Labute approximate surface area is 92.8 Å². The molecule has 3 atom stereocenters. The molecule has 1 aliphatic carbocycles. The Bertz CT molecular complexity index is 397. The van der Waals surface area contributed by atoms with Crippen molar-refractivity contribution in [1.29, 1.82) is 0 Å². The van der Waals surface area contributed by atoms with Gasteiger partial charge in [-0.3, -0.25) is 9.64 Å². The molecule has 2 fully saturated rings. The van der Waals surface area contributed by atoms with Gasteiger partial charge in [-0.2, -0.15) is 0 Å². The van der Waals surface area contributed by atoms with Gasteiger partial charge in [-0.25, -0.2) is 11.4 Å². The van der Waals surface area contributed by atoms with Gasteiger partial charge in [0.1, 0.15) is 0 Å². The van der Waals surface area contributed by atoms with E-state index in [0.717, 1.165) is 6.08 Å². The zero-order valence-corrected chi connectivity index (χ0v) is 8.64. The van der Waals surface area contributed by atoms with Gasteiger partial charge < -0.3 is 9.47 Å². The maximum atomic E-state index is 11.4. The van der Waals surface area contributed by atoms with Gasteiger partial charge in [0.2, 0.25) is 6.10 Å². The Hall–Kier alpha value is -1.83. The average Bonchev–Trinajstić information content (AvgIpc) is 2.56. The number of carbonyl (C=O) groups excluding carboxylic acids is 2. The molecule has 0 radical (unpaired) electrons. The summed E-state index contributed by atoms with van der Waals surface area (Å²) >= 11 is 0. The Morgan fingerprint density at radius 1 is 1.69 bits per heavy atom. The monoisotopic (exact) mass is 221 g/mol. The van der Waals surface area contributed by atoms with Crippen molar-refractivity contribution in [2.75, 3.05) is 0 Å². The van der Waals surface area contributed by atoms with Crippen LogP contribution >= 0.6 is 0 Å². The van der Waals surface area contributed by atoms with Crippen LogP contribution in [-0.2, 0) is 19.1 Å². The second kappa shape index (κ2) is 3.63. The number of rotatable bonds is 2. The van der Waals surface area contributed by atoms with Crippen molar-refractivity contribution in [3.63, 3.8) is 0 Å². The lowest BCUT2D eigenvalue weighted by Crippen LogP contribution is -2.43. The minimum atomic E-state index is -1.29. The van der Waals surface area contributed by atoms with Gasteiger partial charge in [-0.1, -0.05) is 6.58 Å². The third kappa shape index (κ3) is 1.47. The van der Waals surface area contributed by atoms with Gasteiger partial charge in [-0.15, -0.1) is 0 Å². The quantitative estimate of drug-likeness (QED) is 0.397. The van der Waals surface area contributed by atoms with Crippen LogP contribution in [0.4, 0.5) is 0 Å². The van der Waals surface area contributed by atoms with Crippen LogP contribution in [0.2, 0.25) is 0 Å². The summed E-state index contributed by atoms with van der Waals surface area (Å²) in [5.74, 6) is -1.16. The Morgan fingerprint density at radius 3 is 3.06 bits per heavy atom. The summed E-state index contributed by atoms with van der Waals surface area (Å²) in [6.07, 6.45) is 1.78. The third-order valence-corrected chi connectivity index (χ3v) is 3.04. The maximum absolute atomic E-state index is 11.4. The summed E-state index contributed by atoms with van der Waals surface area (Å²) in [5, 5.41) is 0. The lowest BCUT2D eigenvalue weighted by molar-refractivity contribution is -0.165. The predicted molar refractivity (Wildman–Crippen MR) is 52.8 cm³/mol. The SMILES string of the molecule is [C-]#[N+]C12CC(CCC1OC(=O)C=C)C(=O)O2. The molecule has 3 unspecified atom stereocenters. The van der Waals surface area contributed by atoms with E-state index < -0.39 is 17.8 Å². The Balaban J connectivity index is 2.21. The van der Waals surface area contributed by atoms with Crippen molar-refractivity contribution in [3.8, 4) is 0 Å². The van der Waals surface area contributed by atoms with E-state index in [0.29, 0.717) is 19.3 Å². The summed E-state index contributed by atoms with van der Waals surface area (Å²) in [6, 6.07) is 0. The minimum absolute atomic E-state index is 0.215. The van der Waals surface area contributed by atoms with E-state index in [1.807, 2.05) is 0 Å². The topological polar surface area (TPSA) is 57.0 Å². The van der Waals surface area contributed by atoms with Crippen LogP contribution in [0.5, 0.6) is 0 Å². The van der Waals surface area contributed by atoms with Gasteiger partial charge in [-0.05, 0) is 12.8 Å². The van der Waals surface area contributed by atoms with Crippen molar-refractivity contribution in [3.05, 3.63) is 24.1 Å². The van der Waals surface area contributed by atoms with E-state index in [1.165, 1.54) is 0 Å². The molecule has 5 heteroatoms. The molecule has 1 saturated heterocycles. The van der Waals surface area contributed by atoms with E-state index in [2.05, 4.69) is 11.4 Å². The highest BCUT2D eigenvalue weighted by atomic mass is 16.6. The fraction of sp³-hybridized carbons (Fsp3) is 0.545. The van der Waals surface area contributed by atoms with Crippen LogP contribution in [0.1, 0.15) is 19.3 Å². The van der Waals surface area contributed by atoms with E-state index in [-0.39, 0.29) is 11.9 Å². The number of nitrogens with zero attached hydrogens (tertiary/aromatic N) is 1. The lowest BCUT2D eigenvalue weighted by atomic mass is 9.84. The molecule has 0 amide bonds. The van der Waals surface area contributed by atoms with Crippen LogP contribution in [0.15, 0.2) is 12.7 Å². The number of hydrogen-bond acceptors (Lipinski definition) is 4. The average molecular weight is 221 g/mol. The first kappa shape index (κ1) is 10.7. The molecule has 16 heavy (non-hydrogen) atoms. The molecule has 0 spiro atoms. The number of hydrogen-bond donors (Lipinski definition) is 0. The smallest absolute Gasteiger partial charge is 0.415 e. The highest BCUT2D eigenvalue weighted by Gasteiger charge is 2.63. The first-order chi connectivity index (χ1) is 7.61. The van der Waals surface area contributed by atoms with Crippen molar-refractivity contribution in [1.82, 2.24) is 0 Å². The standard InChI is InChI=1S/C11H11NO4/c1-3-9(13)15-8-5-4-7-6-11(8,12-2)16-10(7)14/h3,7-8H,1,4-6H2. The Morgan fingerprint density at radius 2 is 2.44 bits per heavy atom. The molecule has 2 bridgehead atoms. The summed E-state index contributed by atoms with van der Waals surface area (Å²) in [5.41, 5.74) is -1.29. The van der Waals surface area contributed by atoms with Crippen LogP contribution in [-0.4, -0.2) is 23.8 Å². The summed E-state index contributed by atoms with van der Waals surface area (Å²) in [4.78, 5) is 25.9. The minimum Gasteiger partial charge on any atom is -0.446 e. The molecule has 5 nitrogen and oxygen atoms in total. The molecule has 0 N–H and O–H groups in total. The second-order valence-electron chi connectivity index (χ2n) is 3.99. The zero-order valence-electron chi connectivity index (χ0n) is 8.64. The third-order valence-electron chi connectivity index (χ3n) is 3.04. The fourth-order valence-electron chi connectivity index (χ4n) is 2.21. The highest BCUT2D eigenvalue weighted by molar-refractivity contribution is 5.82. The molecule has 84 valence electrons. The van der Waals surface area contributed by atoms with Crippen LogP contribution in [0.3, 0.4) is 0 Å². The summed E-state index contributed by atoms with van der Waals surface area (Å²) < 4.78 is 10.1. The van der Waals surface area contributed by atoms with Crippen molar-refractivity contribution >= 4 is 11.9 Å². The lowest BCUT2D eigenvalue weighted by Gasteiger charge is -2.27. The summed E-state index contributed by atoms with van der Waals surface area (Å²) in [7, 11) is 0. The molecular weight excluding hydrogens is 210 g/mol. The molecule has 2 aliphatic rings. The van der Waals surface area contributed by atoms with Gasteiger partial charge in [0.25, 0.3) is 0 Å². The van der Waals surface area contributed by atoms with Gasteiger partial charge in [0, 0.05) is 6.08 Å². The second-order valence-corrected chi connectivity index (χ2v) is 3.99. The Kier molecular flexibility index (Phi) is 2.43. The molecule has 0 aromatic carbocycles. The molecule has 1 aliphatic heterocycles. The fourth-order valence-corrected chi connectivity index (χ4v) is 2.21. The van der Waals surface area contributed by atoms with Crippen LogP contribution < -0.4 is 0 Å². The highest BCUT2D eigenvalue weighted by Crippen LogP contribution is 2.45. The van der Waals surface area contributed by atoms with E-state index in [4.69, 9.17) is 16.0 Å². The van der Waals surface area contributed by atoms with E-state index >= 15 is 0 Å².